The molecule has 3 amide bonds. The number of amides is 3. The lowest BCUT2D eigenvalue weighted by Crippen LogP contribution is -2.41. The Kier molecular flexibility index (Phi) is 10.0. The van der Waals surface area contributed by atoms with Crippen LogP contribution in [0.4, 0.5) is 0 Å². The maximum Gasteiger partial charge on any atom is 0.269 e. The molecule has 11 heteroatoms. The summed E-state index contributed by atoms with van der Waals surface area (Å²) in [6, 6.07) is 7.45. The molecule has 0 unspecified atom stereocenters. The van der Waals surface area contributed by atoms with Gasteiger partial charge in [-0.3, -0.25) is 25.2 Å². The zero-order chi connectivity index (χ0) is 26.0. The van der Waals surface area contributed by atoms with E-state index in [0.717, 1.165) is 6.42 Å². The SMILES string of the molecule is COc1cc(C(=O)NNC(=O)c2cc(OC)c(OCC(N)=O)c(OC)c2)ccc1OCCC(C)C. The van der Waals surface area contributed by atoms with E-state index in [9.17, 15) is 14.4 Å². The van der Waals surface area contributed by atoms with Crippen molar-refractivity contribution in [2.45, 2.75) is 20.3 Å². The Morgan fingerprint density at radius 3 is 1.86 bits per heavy atom. The Labute approximate surface area is 203 Å². The summed E-state index contributed by atoms with van der Waals surface area (Å²) in [6.45, 7) is 4.32. The van der Waals surface area contributed by atoms with Crippen LogP contribution in [-0.2, 0) is 4.79 Å². The van der Waals surface area contributed by atoms with Crippen LogP contribution in [0.1, 0.15) is 41.0 Å². The van der Waals surface area contributed by atoms with E-state index in [4.69, 9.17) is 29.4 Å². The van der Waals surface area contributed by atoms with E-state index in [1.54, 1.807) is 12.1 Å². The Hall–Kier alpha value is -4.15. The topological polar surface area (TPSA) is 147 Å². The molecule has 35 heavy (non-hydrogen) atoms. The number of ether oxygens (including phenoxy) is 5. The molecule has 0 aliphatic heterocycles. The predicted octanol–water partition coefficient (Wildman–Crippen LogP) is 2.08. The molecule has 0 aliphatic rings. The fourth-order valence-electron chi connectivity index (χ4n) is 2.89. The molecular weight excluding hydrogens is 458 g/mol. The molecule has 0 aromatic heterocycles. The second-order valence-corrected chi connectivity index (χ2v) is 7.77. The molecule has 0 radical (unpaired) electrons. The number of carbonyl (C=O) groups is 3. The maximum absolute atomic E-state index is 12.6. The quantitative estimate of drug-likeness (QED) is 0.384. The maximum atomic E-state index is 12.6. The van der Waals surface area contributed by atoms with Crippen molar-refractivity contribution in [1.82, 2.24) is 10.9 Å². The smallest absolute Gasteiger partial charge is 0.269 e. The molecule has 0 saturated heterocycles. The minimum Gasteiger partial charge on any atom is -0.493 e. The van der Waals surface area contributed by atoms with Gasteiger partial charge in [-0.2, -0.15) is 0 Å². The molecule has 0 saturated carbocycles. The highest BCUT2D eigenvalue weighted by molar-refractivity contribution is 6.00. The van der Waals surface area contributed by atoms with Crippen LogP contribution in [0.3, 0.4) is 0 Å². The van der Waals surface area contributed by atoms with E-state index >= 15 is 0 Å². The van der Waals surface area contributed by atoms with E-state index in [-0.39, 0.29) is 28.4 Å². The Morgan fingerprint density at radius 1 is 0.800 bits per heavy atom. The Bertz CT molecular complexity index is 1030. The van der Waals surface area contributed by atoms with Crippen molar-refractivity contribution in [1.29, 1.82) is 0 Å². The van der Waals surface area contributed by atoms with Gasteiger partial charge in [0.15, 0.2) is 29.6 Å². The first-order valence-electron chi connectivity index (χ1n) is 10.8. The number of hydrogen-bond donors (Lipinski definition) is 3. The molecule has 0 atom stereocenters. The first-order chi connectivity index (χ1) is 16.7. The fraction of sp³-hybridized carbons (Fsp3) is 0.375. The summed E-state index contributed by atoms with van der Waals surface area (Å²) >= 11 is 0. The number of nitrogens with two attached hydrogens (primary N) is 1. The van der Waals surface area contributed by atoms with Crippen LogP contribution in [0.25, 0.3) is 0 Å². The molecule has 4 N–H and O–H groups in total. The van der Waals surface area contributed by atoms with Gasteiger partial charge in [-0.05, 0) is 42.7 Å². The van der Waals surface area contributed by atoms with Gasteiger partial charge in [-0.15, -0.1) is 0 Å². The lowest BCUT2D eigenvalue weighted by Gasteiger charge is -2.16. The zero-order valence-corrected chi connectivity index (χ0v) is 20.4. The van der Waals surface area contributed by atoms with Crippen molar-refractivity contribution in [2.24, 2.45) is 11.7 Å². The van der Waals surface area contributed by atoms with E-state index < -0.39 is 24.3 Å². The van der Waals surface area contributed by atoms with Gasteiger partial charge in [0.1, 0.15) is 0 Å². The van der Waals surface area contributed by atoms with Gasteiger partial charge in [0, 0.05) is 11.1 Å². The Balaban J connectivity index is 2.10. The molecule has 0 bridgehead atoms. The average molecular weight is 490 g/mol. The highest BCUT2D eigenvalue weighted by Gasteiger charge is 2.19. The number of methoxy groups -OCH3 is 3. The number of hydrogen-bond acceptors (Lipinski definition) is 8. The van der Waals surface area contributed by atoms with Crippen LogP contribution in [0.5, 0.6) is 28.7 Å². The third kappa shape index (κ3) is 7.70. The van der Waals surface area contributed by atoms with Gasteiger partial charge < -0.3 is 29.4 Å². The number of benzene rings is 2. The summed E-state index contributed by atoms with van der Waals surface area (Å²) in [6.07, 6.45) is 0.880. The van der Waals surface area contributed by atoms with Gasteiger partial charge in [-0.1, -0.05) is 13.8 Å². The number of primary amides is 1. The summed E-state index contributed by atoms with van der Waals surface area (Å²) in [5.74, 6) is -0.0983. The molecule has 2 aromatic carbocycles. The van der Waals surface area contributed by atoms with Crippen LogP contribution in [-0.4, -0.2) is 52.3 Å². The number of nitrogens with one attached hydrogen (secondary N) is 2. The minimum atomic E-state index is -0.689. The van der Waals surface area contributed by atoms with Crippen LogP contribution < -0.4 is 40.3 Å². The highest BCUT2D eigenvalue weighted by atomic mass is 16.5. The normalized spacial score (nSPS) is 10.3. The molecule has 0 heterocycles. The third-order valence-corrected chi connectivity index (χ3v) is 4.75. The third-order valence-electron chi connectivity index (χ3n) is 4.75. The predicted molar refractivity (Wildman–Crippen MR) is 127 cm³/mol. The van der Waals surface area contributed by atoms with Crippen molar-refractivity contribution >= 4 is 17.7 Å². The standard InChI is InChI=1S/C24H31N3O8/c1-14(2)8-9-34-17-7-6-15(10-18(17)31-3)23(29)26-27-24(30)16-11-19(32-4)22(20(12-16)33-5)35-13-21(25)28/h6-7,10-12,14H,8-9,13H2,1-5H3,(H2,25,28)(H,26,29)(H,27,30). The van der Waals surface area contributed by atoms with Gasteiger partial charge >= 0.3 is 0 Å². The summed E-state index contributed by atoms with van der Waals surface area (Å²) in [5, 5.41) is 0. The summed E-state index contributed by atoms with van der Waals surface area (Å²) in [5.41, 5.74) is 10.2. The Morgan fingerprint density at radius 2 is 1.34 bits per heavy atom. The first kappa shape index (κ1) is 27.1. The molecule has 0 fully saturated rings. The van der Waals surface area contributed by atoms with Gasteiger partial charge in [-0.25, -0.2) is 0 Å². The lowest BCUT2D eigenvalue weighted by atomic mass is 10.1. The molecule has 11 nitrogen and oxygen atoms in total. The van der Waals surface area contributed by atoms with Crippen LogP contribution in [0, 0.1) is 5.92 Å². The number of rotatable bonds is 12. The van der Waals surface area contributed by atoms with E-state index in [2.05, 4.69) is 24.7 Å². The van der Waals surface area contributed by atoms with E-state index in [1.165, 1.54) is 39.5 Å². The van der Waals surface area contributed by atoms with Gasteiger partial charge in [0.2, 0.25) is 5.75 Å². The molecular formula is C24H31N3O8. The number of hydrazine groups is 1. The first-order valence-corrected chi connectivity index (χ1v) is 10.8. The van der Waals surface area contributed by atoms with Crippen molar-refractivity contribution < 1.29 is 38.1 Å². The fourth-order valence-corrected chi connectivity index (χ4v) is 2.89. The highest BCUT2D eigenvalue weighted by Crippen LogP contribution is 2.38. The largest absolute Gasteiger partial charge is 0.493 e. The van der Waals surface area contributed by atoms with Crippen LogP contribution in [0.15, 0.2) is 30.3 Å². The molecule has 2 aromatic rings. The zero-order valence-electron chi connectivity index (χ0n) is 20.4. The summed E-state index contributed by atoms with van der Waals surface area (Å²) < 4.78 is 26.8. The van der Waals surface area contributed by atoms with E-state index in [1.807, 2.05) is 0 Å². The van der Waals surface area contributed by atoms with Crippen molar-refractivity contribution in [2.75, 3.05) is 34.5 Å². The second kappa shape index (κ2) is 12.9. The molecule has 2 rings (SSSR count). The molecule has 190 valence electrons. The van der Waals surface area contributed by atoms with Crippen molar-refractivity contribution in [3.63, 3.8) is 0 Å². The molecule has 0 spiro atoms. The molecule has 0 aliphatic carbocycles. The summed E-state index contributed by atoms with van der Waals surface area (Å²) in [4.78, 5) is 36.3. The monoisotopic (exact) mass is 489 g/mol. The average Bonchev–Trinajstić information content (AvgIpc) is 2.84. The van der Waals surface area contributed by atoms with Gasteiger partial charge in [0.05, 0.1) is 27.9 Å². The van der Waals surface area contributed by atoms with Crippen LogP contribution >= 0.6 is 0 Å². The number of carbonyl (C=O) groups excluding carboxylic acids is 3. The lowest BCUT2D eigenvalue weighted by molar-refractivity contribution is -0.120. The van der Waals surface area contributed by atoms with Crippen molar-refractivity contribution in [3.05, 3.63) is 41.5 Å². The van der Waals surface area contributed by atoms with E-state index in [0.29, 0.717) is 24.0 Å². The van der Waals surface area contributed by atoms with Gasteiger partial charge in [0.25, 0.3) is 17.7 Å². The minimum absolute atomic E-state index is 0.108. The second-order valence-electron chi connectivity index (χ2n) is 7.77. The van der Waals surface area contributed by atoms with Crippen molar-refractivity contribution in [3.8, 4) is 28.7 Å². The summed E-state index contributed by atoms with van der Waals surface area (Å²) in [7, 11) is 4.20. The van der Waals surface area contributed by atoms with Crippen LogP contribution in [0.2, 0.25) is 0 Å².